The van der Waals surface area contributed by atoms with Crippen molar-refractivity contribution >= 4 is 28.7 Å². The number of thioether (sulfide) groups is 1. The number of hydrogen-bond donors (Lipinski definition) is 1. The van der Waals surface area contributed by atoms with Gasteiger partial charge in [0.1, 0.15) is 5.82 Å². The van der Waals surface area contributed by atoms with E-state index >= 15 is 0 Å². The largest absolute Gasteiger partial charge is 0.382 e. The molecule has 0 amide bonds. The molecule has 0 spiro atoms. The number of anilines is 1. The summed E-state index contributed by atoms with van der Waals surface area (Å²) in [5, 5.41) is 0.690. The third-order valence-corrected chi connectivity index (χ3v) is 5.23. The summed E-state index contributed by atoms with van der Waals surface area (Å²) < 4.78 is 2.08. The van der Waals surface area contributed by atoms with Crippen molar-refractivity contribution in [2.75, 3.05) is 11.5 Å². The molecule has 0 aliphatic heterocycles. The van der Waals surface area contributed by atoms with Gasteiger partial charge in [0, 0.05) is 17.9 Å². The smallest absolute Gasteiger partial charge is 0.191 e. The summed E-state index contributed by atoms with van der Waals surface area (Å²) in [6, 6.07) is 20.6. The highest BCUT2D eigenvalue weighted by Crippen LogP contribution is 2.26. The average Bonchev–Trinajstić information content (AvgIpc) is 3.09. The number of nitrogen functional groups attached to an aromatic ring is 1. The number of aryl methyl sites for hydroxylation is 2. The van der Waals surface area contributed by atoms with Gasteiger partial charge in [-0.1, -0.05) is 67.2 Å². The Kier molecular flexibility index (Phi) is 5.07. The molecule has 6 heteroatoms. The molecule has 0 saturated heterocycles. The first kappa shape index (κ1) is 17.5. The van der Waals surface area contributed by atoms with Crippen LogP contribution < -0.4 is 5.73 Å². The Morgan fingerprint density at radius 3 is 2.33 bits per heavy atom. The van der Waals surface area contributed by atoms with Crippen LogP contribution in [0.1, 0.15) is 18.3 Å². The molecular weight excluding hydrogens is 354 g/mol. The highest BCUT2D eigenvalue weighted by atomic mass is 32.2. The lowest BCUT2D eigenvalue weighted by molar-refractivity contribution is 0.892. The van der Waals surface area contributed by atoms with Gasteiger partial charge in [0.2, 0.25) is 0 Å². The van der Waals surface area contributed by atoms with Crippen LogP contribution in [-0.4, -0.2) is 25.3 Å². The van der Waals surface area contributed by atoms with E-state index < -0.39 is 0 Å². The van der Waals surface area contributed by atoms with Gasteiger partial charge in [-0.3, -0.25) is 4.57 Å². The van der Waals surface area contributed by atoms with Gasteiger partial charge in [-0.25, -0.2) is 15.0 Å². The number of para-hydroxylation sites is 1. The van der Waals surface area contributed by atoms with Gasteiger partial charge >= 0.3 is 0 Å². The summed E-state index contributed by atoms with van der Waals surface area (Å²) >= 11 is 1.62. The van der Waals surface area contributed by atoms with Gasteiger partial charge in [-0.05, 0) is 24.1 Å². The minimum absolute atomic E-state index is 0.437. The zero-order chi connectivity index (χ0) is 18.6. The first-order chi connectivity index (χ1) is 13.3. The summed E-state index contributed by atoms with van der Waals surface area (Å²) in [6.45, 7) is 2.08. The summed E-state index contributed by atoms with van der Waals surface area (Å²) in [4.78, 5) is 13.9. The maximum Gasteiger partial charge on any atom is 0.191 e. The Bertz CT molecular complexity index is 1040. The molecule has 27 heavy (non-hydrogen) atoms. The van der Waals surface area contributed by atoms with Crippen molar-refractivity contribution in [1.82, 2.24) is 19.5 Å². The maximum absolute atomic E-state index is 6.21. The van der Waals surface area contributed by atoms with Gasteiger partial charge in [-0.15, -0.1) is 0 Å². The fourth-order valence-electron chi connectivity index (χ4n) is 3.06. The van der Waals surface area contributed by atoms with Crippen molar-refractivity contribution in [3.05, 3.63) is 72.1 Å². The van der Waals surface area contributed by atoms with Crippen LogP contribution in [0, 0.1) is 0 Å². The number of aromatic nitrogens is 4. The standard InChI is InChI=1S/C21H21N5S/c1-2-17-23-18-19(22)24-21(27-14-13-15-9-5-3-6-10-15)25-20(18)26(17)16-11-7-4-8-12-16/h3-12H,2,13-14H2,1H3,(H2,22,24,25). The first-order valence-electron chi connectivity index (χ1n) is 9.03. The molecule has 0 unspecified atom stereocenters. The van der Waals surface area contributed by atoms with Gasteiger partial charge in [0.15, 0.2) is 22.1 Å². The molecule has 136 valence electrons. The lowest BCUT2D eigenvalue weighted by Gasteiger charge is -2.08. The summed E-state index contributed by atoms with van der Waals surface area (Å²) in [6.07, 6.45) is 1.76. The van der Waals surface area contributed by atoms with E-state index in [1.807, 2.05) is 24.3 Å². The van der Waals surface area contributed by atoms with E-state index in [2.05, 4.69) is 57.9 Å². The third kappa shape index (κ3) is 3.66. The molecule has 0 bridgehead atoms. The number of fused-ring (bicyclic) bond motifs is 1. The number of hydrogen-bond acceptors (Lipinski definition) is 5. The molecule has 2 aromatic heterocycles. The van der Waals surface area contributed by atoms with E-state index in [0.29, 0.717) is 16.5 Å². The van der Waals surface area contributed by atoms with Crippen LogP contribution in [0.4, 0.5) is 5.82 Å². The molecule has 2 aromatic carbocycles. The van der Waals surface area contributed by atoms with Crippen LogP contribution in [0.3, 0.4) is 0 Å². The Hall–Kier alpha value is -2.86. The zero-order valence-electron chi connectivity index (χ0n) is 15.2. The van der Waals surface area contributed by atoms with E-state index in [-0.39, 0.29) is 0 Å². The van der Waals surface area contributed by atoms with Gasteiger partial charge in [0.05, 0.1) is 0 Å². The van der Waals surface area contributed by atoms with E-state index in [1.54, 1.807) is 11.8 Å². The monoisotopic (exact) mass is 375 g/mol. The predicted molar refractivity (Wildman–Crippen MR) is 111 cm³/mol. The molecule has 0 fully saturated rings. The molecule has 0 saturated carbocycles. The van der Waals surface area contributed by atoms with Crippen molar-refractivity contribution in [1.29, 1.82) is 0 Å². The molecule has 4 aromatic rings. The SMILES string of the molecule is CCc1nc2c(N)nc(SCCc3ccccc3)nc2n1-c1ccccc1. The minimum Gasteiger partial charge on any atom is -0.382 e. The minimum atomic E-state index is 0.437. The lowest BCUT2D eigenvalue weighted by Crippen LogP contribution is -2.02. The van der Waals surface area contributed by atoms with Crippen LogP contribution in [0.2, 0.25) is 0 Å². The van der Waals surface area contributed by atoms with Crippen molar-refractivity contribution in [2.45, 2.75) is 24.9 Å². The Balaban J connectivity index is 1.67. The van der Waals surface area contributed by atoms with E-state index in [1.165, 1.54) is 5.56 Å². The third-order valence-electron chi connectivity index (χ3n) is 4.38. The highest BCUT2D eigenvalue weighted by Gasteiger charge is 2.17. The highest BCUT2D eigenvalue weighted by molar-refractivity contribution is 7.99. The lowest BCUT2D eigenvalue weighted by atomic mass is 10.2. The van der Waals surface area contributed by atoms with Crippen LogP contribution in [0.15, 0.2) is 65.8 Å². The van der Waals surface area contributed by atoms with Gasteiger partial charge in [-0.2, -0.15) is 0 Å². The second-order valence-electron chi connectivity index (χ2n) is 6.20. The van der Waals surface area contributed by atoms with E-state index in [0.717, 1.165) is 35.8 Å². The van der Waals surface area contributed by atoms with Crippen molar-refractivity contribution in [3.63, 3.8) is 0 Å². The molecule has 5 nitrogen and oxygen atoms in total. The van der Waals surface area contributed by atoms with Crippen molar-refractivity contribution < 1.29 is 0 Å². The predicted octanol–water partition coefficient (Wildman–Crippen LogP) is 4.29. The van der Waals surface area contributed by atoms with Crippen molar-refractivity contribution in [2.24, 2.45) is 0 Å². The Morgan fingerprint density at radius 1 is 0.926 bits per heavy atom. The maximum atomic E-state index is 6.21. The normalized spacial score (nSPS) is 11.1. The van der Waals surface area contributed by atoms with Crippen LogP contribution in [-0.2, 0) is 12.8 Å². The van der Waals surface area contributed by atoms with Crippen LogP contribution >= 0.6 is 11.8 Å². The van der Waals surface area contributed by atoms with Gasteiger partial charge < -0.3 is 5.73 Å². The van der Waals surface area contributed by atoms with Crippen LogP contribution in [0.5, 0.6) is 0 Å². The second kappa shape index (κ2) is 7.80. The first-order valence-corrected chi connectivity index (χ1v) is 10.0. The number of rotatable bonds is 6. The zero-order valence-corrected chi connectivity index (χ0v) is 16.0. The summed E-state index contributed by atoms with van der Waals surface area (Å²) in [7, 11) is 0. The van der Waals surface area contributed by atoms with Crippen LogP contribution in [0.25, 0.3) is 16.9 Å². The molecule has 2 heterocycles. The molecule has 0 atom stereocenters. The van der Waals surface area contributed by atoms with E-state index in [9.17, 15) is 0 Å². The number of nitrogens with zero attached hydrogens (tertiary/aromatic N) is 4. The topological polar surface area (TPSA) is 69.6 Å². The summed E-state index contributed by atoms with van der Waals surface area (Å²) in [5.41, 5.74) is 10.00. The summed E-state index contributed by atoms with van der Waals surface area (Å²) in [5.74, 6) is 2.27. The number of benzene rings is 2. The molecule has 4 rings (SSSR count). The van der Waals surface area contributed by atoms with Crippen molar-refractivity contribution in [3.8, 4) is 5.69 Å². The molecular formula is C21H21N5S. The molecule has 0 aliphatic rings. The fraction of sp³-hybridized carbons (Fsp3) is 0.190. The molecule has 0 aliphatic carbocycles. The van der Waals surface area contributed by atoms with E-state index in [4.69, 9.17) is 10.7 Å². The Morgan fingerprint density at radius 2 is 1.63 bits per heavy atom. The average molecular weight is 376 g/mol. The molecule has 0 radical (unpaired) electrons. The fourth-order valence-corrected chi connectivity index (χ4v) is 3.89. The second-order valence-corrected chi connectivity index (χ2v) is 7.26. The quantitative estimate of drug-likeness (QED) is 0.402. The number of imidazole rings is 1. The Labute approximate surface area is 162 Å². The number of nitrogens with two attached hydrogens (primary N) is 1. The molecule has 2 N–H and O–H groups in total. The van der Waals surface area contributed by atoms with Gasteiger partial charge in [0.25, 0.3) is 0 Å².